The number of aromatic nitrogens is 2. The zero-order valence-electron chi connectivity index (χ0n) is 16.0. The van der Waals surface area contributed by atoms with E-state index in [-0.39, 0.29) is 29.4 Å². The summed E-state index contributed by atoms with van der Waals surface area (Å²) in [5.74, 6) is -6.48. The van der Waals surface area contributed by atoms with E-state index in [2.05, 4.69) is 15.3 Å². The van der Waals surface area contributed by atoms with E-state index >= 15 is 0 Å². The molecule has 10 heteroatoms. The maximum atomic E-state index is 13.9. The van der Waals surface area contributed by atoms with Crippen molar-refractivity contribution in [2.45, 2.75) is 6.42 Å². The second kappa shape index (κ2) is 8.21. The van der Waals surface area contributed by atoms with Gasteiger partial charge in [0, 0.05) is 48.4 Å². The maximum Gasteiger partial charge on any atom is 0.270 e. The monoisotopic (exact) mass is 432 g/mol. The van der Waals surface area contributed by atoms with E-state index in [1.54, 1.807) is 6.07 Å². The van der Waals surface area contributed by atoms with Crippen LogP contribution < -0.4 is 5.32 Å². The Morgan fingerprint density at radius 2 is 1.81 bits per heavy atom. The molecule has 0 spiro atoms. The lowest BCUT2D eigenvalue weighted by atomic mass is 10.1. The largest absolute Gasteiger partial charge is 0.350 e. The molecule has 0 bridgehead atoms. The SMILES string of the molecule is O=C(Nc1cc(F)c(F)c(F)c1)C1CCN(C(=O)c2ccc(-c3ccncc3F)[nH]2)C1. The van der Waals surface area contributed by atoms with Gasteiger partial charge in [0.25, 0.3) is 5.91 Å². The fraction of sp³-hybridized carbons (Fsp3) is 0.190. The molecular formula is C21H16F4N4O2. The van der Waals surface area contributed by atoms with Crippen LogP contribution in [0.25, 0.3) is 11.3 Å². The number of likely N-dealkylation sites (tertiary alicyclic amines) is 1. The van der Waals surface area contributed by atoms with E-state index < -0.39 is 35.1 Å². The standard InChI is InChI=1S/C21H16F4N4O2/c22-14-7-12(8-15(23)19(14)25)27-20(30)11-4-6-29(10-11)21(31)18-2-1-17(28-18)13-3-5-26-9-16(13)24/h1-3,5,7-9,11,28H,4,6,10H2,(H,27,30). The van der Waals surface area contributed by atoms with Crippen molar-refractivity contribution in [2.24, 2.45) is 5.92 Å². The Labute approximate surface area is 173 Å². The third-order valence-electron chi connectivity index (χ3n) is 5.08. The summed E-state index contributed by atoms with van der Waals surface area (Å²) in [5.41, 5.74) is 0.707. The number of halogens is 4. The number of H-pyrrole nitrogens is 1. The molecule has 3 aromatic rings. The van der Waals surface area contributed by atoms with Crippen LogP contribution in [-0.4, -0.2) is 39.8 Å². The Bertz CT molecular complexity index is 1140. The summed E-state index contributed by atoms with van der Waals surface area (Å²) >= 11 is 0. The number of hydrogen-bond acceptors (Lipinski definition) is 3. The number of nitrogens with zero attached hydrogens (tertiary/aromatic N) is 2. The van der Waals surface area contributed by atoms with Gasteiger partial charge in [0.1, 0.15) is 5.69 Å². The fourth-order valence-corrected chi connectivity index (χ4v) is 3.47. The number of rotatable bonds is 4. The van der Waals surface area contributed by atoms with Crippen molar-refractivity contribution < 1.29 is 27.2 Å². The first kappa shape index (κ1) is 20.6. The predicted octanol–water partition coefficient (Wildman–Crippen LogP) is 3.73. The molecule has 31 heavy (non-hydrogen) atoms. The van der Waals surface area contributed by atoms with Crippen LogP contribution in [0.4, 0.5) is 23.2 Å². The first-order valence-corrected chi connectivity index (χ1v) is 9.37. The number of aromatic amines is 1. The Hall–Kier alpha value is -3.69. The molecule has 2 aromatic heterocycles. The molecule has 0 radical (unpaired) electrons. The summed E-state index contributed by atoms with van der Waals surface area (Å²) in [6, 6.07) is 5.95. The summed E-state index contributed by atoms with van der Waals surface area (Å²) in [6.45, 7) is 0.385. The Morgan fingerprint density at radius 1 is 1.06 bits per heavy atom. The highest BCUT2D eigenvalue weighted by Gasteiger charge is 2.32. The van der Waals surface area contributed by atoms with Gasteiger partial charge < -0.3 is 15.2 Å². The van der Waals surface area contributed by atoms with Crippen LogP contribution in [0, 0.1) is 29.2 Å². The molecule has 6 nitrogen and oxygen atoms in total. The summed E-state index contributed by atoms with van der Waals surface area (Å²) in [4.78, 5) is 33.2. The number of hydrogen-bond donors (Lipinski definition) is 2. The van der Waals surface area contributed by atoms with Gasteiger partial charge in [0.05, 0.1) is 12.1 Å². The quantitative estimate of drug-likeness (QED) is 0.487. The number of carbonyl (C=O) groups is 2. The number of benzene rings is 1. The summed E-state index contributed by atoms with van der Waals surface area (Å²) < 4.78 is 53.6. The Balaban J connectivity index is 1.41. The van der Waals surface area contributed by atoms with Gasteiger partial charge in [-0.3, -0.25) is 14.6 Å². The molecule has 0 aliphatic carbocycles. The van der Waals surface area contributed by atoms with Gasteiger partial charge in [-0.1, -0.05) is 0 Å². The van der Waals surface area contributed by atoms with Gasteiger partial charge in [0.15, 0.2) is 23.3 Å². The molecule has 1 fully saturated rings. The van der Waals surface area contributed by atoms with Crippen molar-refractivity contribution in [3.63, 3.8) is 0 Å². The Morgan fingerprint density at radius 3 is 2.52 bits per heavy atom. The van der Waals surface area contributed by atoms with Crippen LogP contribution in [-0.2, 0) is 4.79 Å². The van der Waals surface area contributed by atoms with Gasteiger partial charge in [-0.15, -0.1) is 0 Å². The average Bonchev–Trinajstić information content (AvgIpc) is 3.42. The third kappa shape index (κ3) is 4.14. The minimum atomic E-state index is -1.62. The minimum Gasteiger partial charge on any atom is -0.350 e. The second-order valence-corrected chi connectivity index (χ2v) is 7.12. The smallest absolute Gasteiger partial charge is 0.270 e. The number of pyridine rings is 1. The van der Waals surface area contributed by atoms with Gasteiger partial charge >= 0.3 is 0 Å². The molecule has 1 atom stereocenters. The summed E-state index contributed by atoms with van der Waals surface area (Å²) in [7, 11) is 0. The lowest BCUT2D eigenvalue weighted by Crippen LogP contribution is -2.31. The van der Waals surface area contributed by atoms with Crippen molar-refractivity contribution in [1.82, 2.24) is 14.9 Å². The predicted molar refractivity (Wildman–Crippen MR) is 103 cm³/mol. The molecule has 2 N–H and O–H groups in total. The van der Waals surface area contributed by atoms with Gasteiger partial charge in [-0.05, 0) is 24.6 Å². The van der Waals surface area contributed by atoms with E-state index in [0.717, 1.165) is 6.20 Å². The maximum absolute atomic E-state index is 13.9. The van der Waals surface area contributed by atoms with Gasteiger partial charge in [-0.2, -0.15) is 0 Å². The van der Waals surface area contributed by atoms with E-state index in [9.17, 15) is 27.2 Å². The van der Waals surface area contributed by atoms with E-state index in [4.69, 9.17) is 0 Å². The van der Waals surface area contributed by atoms with Crippen LogP contribution in [0.5, 0.6) is 0 Å². The molecule has 1 saturated heterocycles. The summed E-state index contributed by atoms with van der Waals surface area (Å²) in [5, 5.41) is 2.34. The Kier molecular flexibility index (Phi) is 5.45. The topological polar surface area (TPSA) is 78.1 Å². The highest BCUT2D eigenvalue weighted by atomic mass is 19.2. The van der Waals surface area contributed by atoms with Gasteiger partial charge in [-0.25, -0.2) is 17.6 Å². The highest BCUT2D eigenvalue weighted by molar-refractivity contribution is 5.96. The second-order valence-electron chi connectivity index (χ2n) is 7.12. The van der Waals surface area contributed by atoms with Crippen molar-refractivity contribution >= 4 is 17.5 Å². The van der Waals surface area contributed by atoms with Crippen LogP contribution >= 0.6 is 0 Å². The number of carbonyl (C=O) groups excluding carboxylic acids is 2. The van der Waals surface area contributed by atoms with Crippen molar-refractivity contribution in [2.75, 3.05) is 18.4 Å². The van der Waals surface area contributed by atoms with Crippen molar-refractivity contribution in [3.05, 3.63) is 71.7 Å². The molecule has 1 aliphatic heterocycles. The van der Waals surface area contributed by atoms with E-state index in [1.807, 2.05) is 0 Å². The van der Waals surface area contributed by atoms with Crippen LogP contribution in [0.15, 0.2) is 42.7 Å². The molecular weight excluding hydrogens is 416 g/mol. The number of nitrogens with one attached hydrogen (secondary N) is 2. The number of anilines is 1. The molecule has 2 amide bonds. The van der Waals surface area contributed by atoms with Crippen molar-refractivity contribution in [1.29, 1.82) is 0 Å². The minimum absolute atomic E-state index is 0.0921. The average molecular weight is 432 g/mol. The first-order chi connectivity index (χ1) is 14.8. The molecule has 160 valence electrons. The van der Waals surface area contributed by atoms with Crippen LogP contribution in [0.1, 0.15) is 16.9 Å². The zero-order valence-corrected chi connectivity index (χ0v) is 16.0. The molecule has 1 aromatic carbocycles. The molecule has 1 aliphatic rings. The fourth-order valence-electron chi connectivity index (χ4n) is 3.47. The zero-order chi connectivity index (χ0) is 22.1. The molecule has 4 rings (SSSR count). The highest BCUT2D eigenvalue weighted by Crippen LogP contribution is 2.25. The molecule has 0 saturated carbocycles. The molecule has 3 heterocycles. The normalized spacial score (nSPS) is 15.9. The summed E-state index contributed by atoms with van der Waals surface area (Å²) in [6.07, 6.45) is 2.85. The first-order valence-electron chi connectivity index (χ1n) is 9.37. The third-order valence-corrected chi connectivity index (χ3v) is 5.08. The molecule has 1 unspecified atom stereocenters. The number of amides is 2. The van der Waals surface area contributed by atoms with E-state index in [0.29, 0.717) is 30.8 Å². The lowest BCUT2D eigenvalue weighted by Gasteiger charge is -2.16. The van der Waals surface area contributed by atoms with Gasteiger partial charge in [0.2, 0.25) is 5.91 Å². The van der Waals surface area contributed by atoms with Crippen molar-refractivity contribution in [3.8, 4) is 11.3 Å². The van der Waals surface area contributed by atoms with Crippen LogP contribution in [0.2, 0.25) is 0 Å². The lowest BCUT2D eigenvalue weighted by molar-refractivity contribution is -0.119. The van der Waals surface area contributed by atoms with Crippen LogP contribution in [0.3, 0.4) is 0 Å². The van der Waals surface area contributed by atoms with E-state index in [1.165, 1.54) is 23.2 Å².